The number of nitrogens with one attached hydrogen (secondary N) is 2. The molecule has 0 aliphatic heterocycles. The number of anilines is 2. The number of nitrogens with zero attached hydrogens (tertiary/aromatic N) is 1. The third kappa shape index (κ3) is 3.10. The number of amides is 1. The molecule has 0 radical (unpaired) electrons. The zero-order chi connectivity index (χ0) is 13.8. The normalized spacial score (nSPS) is 10.1. The summed E-state index contributed by atoms with van der Waals surface area (Å²) in [6.45, 7) is 3.83. The number of rotatable bonds is 3. The first-order valence-corrected chi connectivity index (χ1v) is 6.12. The van der Waals surface area contributed by atoms with E-state index in [4.69, 9.17) is 0 Å². The number of carbonyl (C=O) groups is 1. The molecule has 0 unspecified atom stereocenters. The van der Waals surface area contributed by atoms with Crippen molar-refractivity contribution in [2.75, 3.05) is 17.7 Å². The lowest BCUT2D eigenvalue weighted by Gasteiger charge is -2.09. The fourth-order valence-electron chi connectivity index (χ4n) is 1.76. The van der Waals surface area contributed by atoms with E-state index in [1.807, 2.05) is 51.2 Å². The summed E-state index contributed by atoms with van der Waals surface area (Å²) < 4.78 is 0. The first-order chi connectivity index (χ1) is 9.10. The Morgan fingerprint density at radius 2 is 1.84 bits per heavy atom. The summed E-state index contributed by atoms with van der Waals surface area (Å²) >= 11 is 0. The van der Waals surface area contributed by atoms with Gasteiger partial charge in [-0.25, -0.2) is 0 Å². The number of hydrogen-bond donors (Lipinski definition) is 2. The average molecular weight is 255 g/mol. The minimum Gasteiger partial charge on any atom is -0.388 e. The summed E-state index contributed by atoms with van der Waals surface area (Å²) in [6, 6.07) is 9.42. The number of benzene rings is 1. The minimum atomic E-state index is -0.125. The van der Waals surface area contributed by atoms with Crippen LogP contribution in [0.3, 0.4) is 0 Å². The monoisotopic (exact) mass is 255 g/mol. The van der Waals surface area contributed by atoms with Crippen molar-refractivity contribution in [2.45, 2.75) is 13.8 Å². The van der Waals surface area contributed by atoms with Crippen LogP contribution in [-0.4, -0.2) is 17.9 Å². The summed E-state index contributed by atoms with van der Waals surface area (Å²) in [6.07, 6.45) is 1.66. The Balaban J connectivity index is 2.22. The lowest BCUT2D eigenvalue weighted by molar-refractivity contribution is 0.102. The highest BCUT2D eigenvalue weighted by Crippen LogP contribution is 2.16. The van der Waals surface area contributed by atoms with Gasteiger partial charge in [-0.3, -0.25) is 9.78 Å². The molecule has 98 valence electrons. The van der Waals surface area contributed by atoms with Crippen molar-refractivity contribution in [3.8, 4) is 0 Å². The van der Waals surface area contributed by atoms with Gasteiger partial charge < -0.3 is 10.6 Å². The number of aryl methyl sites for hydroxylation is 2. The van der Waals surface area contributed by atoms with Crippen LogP contribution >= 0.6 is 0 Å². The van der Waals surface area contributed by atoms with Gasteiger partial charge in [-0.05, 0) is 43.7 Å². The maximum atomic E-state index is 12.2. The van der Waals surface area contributed by atoms with Crippen molar-refractivity contribution in [1.29, 1.82) is 0 Å². The van der Waals surface area contributed by atoms with Gasteiger partial charge in [0.05, 0.1) is 11.9 Å². The highest BCUT2D eigenvalue weighted by molar-refractivity contribution is 6.05. The van der Waals surface area contributed by atoms with Gasteiger partial charge in [-0.2, -0.15) is 0 Å². The highest BCUT2D eigenvalue weighted by atomic mass is 16.1. The topological polar surface area (TPSA) is 54.0 Å². The lowest BCUT2D eigenvalue weighted by atomic mass is 10.1. The molecule has 2 N–H and O–H groups in total. The van der Waals surface area contributed by atoms with Crippen LogP contribution in [0.2, 0.25) is 0 Å². The number of carbonyl (C=O) groups excluding carboxylic acids is 1. The third-order valence-electron chi connectivity index (χ3n) is 2.94. The van der Waals surface area contributed by atoms with Gasteiger partial charge >= 0.3 is 0 Å². The van der Waals surface area contributed by atoms with Crippen LogP contribution in [0.5, 0.6) is 0 Å². The molecule has 1 aromatic heterocycles. The van der Waals surface area contributed by atoms with Crippen molar-refractivity contribution >= 4 is 17.3 Å². The first-order valence-electron chi connectivity index (χ1n) is 6.12. The third-order valence-corrected chi connectivity index (χ3v) is 2.94. The molecule has 0 atom stereocenters. The molecule has 2 rings (SSSR count). The molecule has 19 heavy (non-hydrogen) atoms. The maximum absolute atomic E-state index is 12.2. The van der Waals surface area contributed by atoms with E-state index in [-0.39, 0.29) is 5.91 Å². The minimum absolute atomic E-state index is 0.125. The van der Waals surface area contributed by atoms with Crippen LogP contribution < -0.4 is 10.6 Å². The molecule has 4 heteroatoms. The Bertz CT molecular complexity index is 591. The van der Waals surface area contributed by atoms with Crippen LogP contribution in [0, 0.1) is 13.8 Å². The molecule has 0 aliphatic rings. The van der Waals surface area contributed by atoms with Crippen molar-refractivity contribution < 1.29 is 4.79 Å². The van der Waals surface area contributed by atoms with E-state index < -0.39 is 0 Å². The van der Waals surface area contributed by atoms with Crippen LogP contribution in [0.4, 0.5) is 11.4 Å². The molecule has 1 heterocycles. The molecular formula is C15H17N3O. The maximum Gasteiger partial charge on any atom is 0.256 e. The SMILES string of the molecule is CNc1ccc(C)c(C(=O)Nc2ccc(C)nc2)c1. The standard InChI is InChI=1S/C15H17N3O/c1-10-4-6-12(16-3)8-14(10)15(19)18-13-7-5-11(2)17-9-13/h4-9,16H,1-3H3,(H,18,19). The quantitative estimate of drug-likeness (QED) is 0.886. The predicted octanol–water partition coefficient (Wildman–Crippen LogP) is 2.99. The summed E-state index contributed by atoms with van der Waals surface area (Å²) in [5, 5.41) is 5.88. The lowest BCUT2D eigenvalue weighted by Crippen LogP contribution is -2.14. The van der Waals surface area contributed by atoms with E-state index in [0.29, 0.717) is 11.3 Å². The first kappa shape index (κ1) is 13.1. The summed E-state index contributed by atoms with van der Waals surface area (Å²) in [5.74, 6) is -0.125. The van der Waals surface area contributed by atoms with Gasteiger partial charge in [0, 0.05) is 24.0 Å². The van der Waals surface area contributed by atoms with Gasteiger partial charge in [0.15, 0.2) is 0 Å². The molecule has 0 bridgehead atoms. The molecule has 0 saturated carbocycles. The van der Waals surface area contributed by atoms with Crippen LogP contribution in [0.25, 0.3) is 0 Å². The van der Waals surface area contributed by atoms with Gasteiger partial charge in [-0.15, -0.1) is 0 Å². The largest absolute Gasteiger partial charge is 0.388 e. The van der Waals surface area contributed by atoms with Crippen molar-refractivity contribution in [2.24, 2.45) is 0 Å². The summed E-state index contributed by atoms with van der Waals surface area (Å²) in [4.78, 5) is 16.4. The Morgan fingerprint density at radius 1 is 1.11 bits per heavy atom. The van der Waals surface area contributed by atoms with E-state index in [1.165, 1.54) is 0 Å². The van der Waals surface area contributed by atoms with E-state index in [2.05, 4.69) is 15.6 Å². The van der Waals surface area contributed by atoms with E-state index in [9.17, 15) is 4.79 Å². The Morgan fingerprint density at radius 3 is 2.47 bits per heavy atom. The molecule has 1 amide bonds. The second-order valence-corrected chi connectivity index (χ2v) is 4.42. The van der Waals surface area contributed by atoms with E-state index >= 15 is 0 Å². The van der Waals surface area contributed by atoms with Gasteiger partial charge in [0.1, 0.15) is 0 Å². The highest BCUT2D eigenvalue weighted by Gasteiger charge is 2.10. The average Bonchev–Trinajstić information content (AvgIpc) is 2.42. The van der Waals surface area contributed by atoms with Crippen LogP contribution in [0.15, 0.2) is 36.5 Å². The molecule has 0 aliphatic carbocycles. The predicted molar refractivity (Wildman–Crippen MR) is 77.7 cm³/mol. The fourth-order valence-corrected chi connectivity index (χ4v) is 1.76. The second-order valence-electron chi connectivity index (χ2n) is 4.42. The van der Waals surface area contributed by atoms with Crippen molar-refractivity contribution in [3.63, 3.8) is 0 Å². The van der Waals surface area contributed by atoms with Gasteiger partial charge in [-0.1, -0.05) is 6.07 Å². The fraction of sp³-hybridized carbons (Fsp3) is 0.200. The van der Waals surface area contributed by atoms with Gasteiger partial charge in [0.2, 0.25) is 0 Å². The Kier molecular flexibility index (Phi) is 3.80. The molecule has 4 nitrogen and oxygen atoms in total. The van der Waals surface area contributed by atoms with E-state index in [1.54, 1.807) is 6.20 Å². The van der Waals surface area contributed by atoms with Crippen LogP contribution in [-0.2, 0) is 0 Å². The summed E-state index contributed by atoms with van der Waals surface area (Å²) in [5.41, 5.74) is 4.14. The number of hydrogen-bond acceptors (Lipinski definition) is 3. The molecular weight excluding hydrogens is 238 g/mol. The zero-order valence-corrected chi connectivity index (χ0v) is 11.3. The Labute approximate surface area is 112 Å². The number of pyridine rings is 1. The van der Waals surface area contributed by atoms with Gasteiger partial charge in [0.25, 0.3) is 5.91 Å². The van der Waals surface area contributed by atoms with E-state index in [0.717, 1.165) is 16.9 Å². The molecule has 0 saturated heterocycles. The molecule has 0 spiro atoms. The zero-order valence-electron chi connectivity index (χ0n) is 11.3. The van der Waals surface area contributed by atoms with Crippen molar-refractivity contribution in [3.05, 3.63) is 53.3 Å². The molecule has 2 aromatic rings. The summed E-state index contributed by atoms with van der Waals surface area (Å²) in [7, 11) is 1.83. The molecule has 1 aromatic carbocycles. The number of aromatic nitrogens is 1. The second kappa shape index (κ2) is 5.52. The Hall–Kier alpha value is -2.36. The van der Waals surface area contributed by atoms with Crippen molar-refractivity contribution in [1.82, 2.24) is 4.98 Å². The van der Waals surface area contributed by atoms with Crippen LogP contribution in [0.1, 0.15) is 21.6 Å². The molecule has 0 fully saturated rings. The smallest absolute Gasteiger partial charge is 0.256 e.